The van der Waals surface area contributed by atoms with Gasteiger partial charge in [-0.2, -0.15) is 0 Å². The van der Waals surface area contributed by atoms with Gasteiger partial charge in [-0.1, -0.05) is 24.3 Å². The third-order valence-electron chi connectivity index (χ3n) is 5.61. The average Bonchev–Trinajstić information content (AvgIpc) is 3.06. The molecule has 1 spiro atoms. The molecule has 24 heavy (non-hydrogen) atoms. The van der Waals surface area contributed by atoms with Crippen LogP contribution in [0.1, 0.15) is 40.7 Å². The van der Waals surface area contributed by atoms with Crippen LogP contribution in [0.5, 0.6) is 0 Å². The number of hydrogen-bond acceptors (Lipinski definition) is 3. The number of amides is 1. The zero-order valence-corrected chi connectivity index (χ0v) is 14.1. The Labute approximate surface area is 142 Å². The molecule has 4 nitrogen and oxygen atoms in total. The van der Waals surface area contributed by atoms with Crippen LogP contribution in [0.3, 0.4) is 0 Å². The molecule has 0 radical (unpaired) electrons. The lowest BCUT2D eigenvalue weighted by atomic mass is 9.69. The number of carbonyl (C=O) groups excluding carboxylic acids is 1. The lowest BCUT2D eigenvalue weighted by Gasteiger charge is -2.35. The molecule has 4 rings (SSSR count). The van der Waals surface area contributed by atoms with Gasteiger partial charge in [-0.25, -0.2) is 0 Å². The second-order valence-corrected chi connectivity index (χ2v) is 6.98. The van der Waals surface area contributed by atoms with Gasteiger partial charge in [-0.15, -0.1) is 0 Å². The number of fused-ring (bicyclic) bond motifs is 2. The van der Waals surface area contributed by atoms with E-state index >= 15 is 0 Å². The van der Waals surface area contributed by atoms with Crippen molar-refractivity contribution in [2.45, 2.75) is 31.1 Å². The summed E-state index contributed by atoms with van der Waals surface area (Å²) in [5.74, 6) is 0.0968. The summed E-state index contributed by atoms with van der Waals surface area (Å²) in [5.41, 5.74) is 4.63. The summed E-state index contributed by atoms with van der Waals surface area (Å²) in [6.07, 6.45) is 8.04. The lowest BCUT2D eigenvalue weighted by Crippen LogP contribution is -2.36. The maximum atomic E-state index is 12.9. The van der Waals surface area contributed by atoms with Crippen molar-refractivity contribution in [3.63, 3.8) is 0 Å². The standard InChI is InChI=1S/C20H23N3O/c1-21-17-11-16(12-22-13-17)19(24)23-10-9-20(14-23)8-4-6-15-5-2-3-7-18(15)20/h2-3,5,7,11-13,21H,4,6,8-10,14H2,1H3. The van der Waals surface area contributed by atoms with Crippen LogP contribution in [0.4, 0.5) is 5.69 Å². The molecular weight excluding hydrogens is 298 g/mol. The van der Waals surface area contributed by atoms with E-state index in [4.69, 9.17) is 0 Å². The number of aromatic nitrogens is 1. The molecule has 2 aromatic rings. The Morgan fingerprint density at radius 1 is 1.25 bits per heavy atom. The van der Waals surface area contributed by atoms with Crippen LogP contribution in [0, 0.1) is 0 Å². The Morgan fingerprint density at radius 2 is 2.12 bits per heavy atom. The normalized spacial score (nSPS) is 22.5. The third kappa shape index (κ3) is 2.46. The fourth-order valence-electron chi connectivity index (χ4n) is 4.35. The fraction of sp³-hybridized carbons (Fsp3) is 0.400. The van der Waals surface area contributed by atoms with Crippen molar-refractivity contribution in [3.05, 3.63) is 59.4 Å². The Bertz CT molecular complexity index is 773. The second-order valence-electron chi connectivity index (χ2n) is 6.98. The van der Waals surface area contributed by atoms with Crippen LogP contribution in [0.2, 0.25) is 0 Å². The first kappa shape index (κ1) is 15.2. The van der Waals surface area contributed by atoms with Crippen molar-refractivity contribution < 1.29 is 4.79 Å². The number of aryl methyl sites for hydroxylation is 1. The van der Waals surface area contributed by atoms with Gasteiger partial charge in [0.05, 0.1) is 11.3 Å². The topological polar surface area (TPSA) is 45.2 Å². The SMILES string of the molecule is CNc1cncc(C(=O)N2CCC3(CCCc4ccccc43)C2)c1. The van der Waals surface area contributed by atoms with Gasteiger partial charge in [-0.05, 0) is 42.9 Å². The molecule has 1 aliphatic carbocycles. The van der Waals surface area contributed by atoms with E-state index in [0.29, 0.717) is 5.56 Å². The van der Waals surface area contributed by atoms with Crippen LogP contribution in [-0.4, -0.2) is 35.9 Å². The smallest absolute Gasteiger partial charge is 0.255 e. The third-order valence-corrected chi connectivity index (χ3v) is 5.61. The maximum absolute atomic E-state index is 12.9. The highest BCUT2D eigenvalue weighted by Gasteiger charge is 2.43. The minimum absolute atomic E-state index is 0.0968. The van der Waals surface area contributed by atoms with Gasteiger partial charge >= 0.3 is 0 Å². The van der Waals surface area contributed by atoms with Crippen LogP contribution >= 0.6 is 0 Å². The molecule has 124 valence electrons. The summed E-state index contributed by atoms with van der Waals surface area (Å²) in [4.78, 5) is 19.1. The van der Waals surface area contributed by atoms with E-state index in [-0.39, 0.29) is 11.3 Å². The number of nitrogens with zero attached hydrogens (tertiary/aromatic N) is 2. The highest BCUT2D eigenvalue weighted by molar-refractivity contribution is 5.95. The highest BCUT2D eigenvalue weighted by Crippen LogP contribution is 2.44. The summed E-state index contributed by atoms with van der Waals surface area (Å²) in [5, 5.41) is 3.05. The predicted octanol–water partition coefficient (Wildman–Crippen LogP) is 3.24. The number of anilines is 1. The summed E-state index contributed by atoms with van der Waals surface area (Å²) in [6.45, 7) is 1.66. The Hall–Kier alpha value is -2.36. The zero-order chi connectivity index (χ0) is 16.6. The molecule has 1 N–H and O–H groups in total. The van der Waals surface area contributed by atoms with E-state index in [2.05, 4.69) is 34.6 Å². The molecule has 1 unspecified atom stereocenters. The average molecular weight is 321 g/mol. The van der Waals surface area contributed by atoms with Crippen molar-refractivity contribution in [2.75, 3.05) is 25.5 Å². The van der Waals surface area contributed by atoms with Gasteiger partial charge in [0.15, 0.2) is 0 Å². The van der Waals surface area contributed by atoms with Crippen LogP contribution in [0.25, 0.3) is 0 Å². The van der Waals surface area contributed by atoms with Crippen LogP contribution < -0.4 is 5.32 Å². The van der Waals surface area contributed by atoms with Crippen molar-refractivity contribution in [3.8, 4) is 0 Å². The highest BCUT2D eigenvalue weighted by atomic mass is 16.2. The fourth-order valence-corrected chi connectivity index (χ4v) is 4.35. The summed E-state index contributed by atoms with van der Waals surface area (Å²) >= 11 is 0. The number of benzene rings is 1. The van der Waals surface area contributed by atoms with Gasteiger partial charge in [0.25, 0.3) is 5.91 Å². The molecular formula is C20H23N3O. The van der Waals surface area contributed by atoms with Gasteiger partial charge in [-0.3, -0.25) is 9.78 Å². The van der Waals surface area contributed by atoms with E-state index in [9.17, 15) is 4.79 Å². The molecule has 1 fully saturated rings. The van der Waals surface area contributed by atoms with Crippen molar-refractivity contribution in [2.24, 2.45) is 0 Å². The predicted molar refractivity (Wildman–Crippen MR) is 95.4 cm³/mol. The Kier molecular flexibility index (Phi) is 3.75. The molecule has 0 bridgehead atoms. The number of pyridine rings is 1. The van der Waals surface area contributed by atoms with Gasteiger partial charge in [0.2, 0.25) is 0 Å². The molecule has 0 saturated carbocycles. The minimum Gasteiger partial charge on any atom is -0.387 e. The monoisotopic (exact) mass is 321 g/mol. The molecule has 1 aromatic carbocycles. The first-order chi connectivity index (χ1) is 11.7. The number of nitrogens with one attached hydrogen (secondary N) is 1. The Balaban J connectivity index is 1.60. The van der Waals surface area contributed by atoms with Crippen molar-refractivity contribution >= 4 is 11.6 Å². The lowest BCUT2D eigenvalue weighted by molar-refractivity contribution is 0.0781. The number of hydrogen-bond donors (Lipinski definition) is 1. The van der Waals surface area contributed by atoms with E-state index < -0.39 is 0 Å². The molecule has 1 saturated heterocycles. The molecule has 1 amide bonds. The summed E-state index contributed by atoms with van der Waals surface area (Å²) < 4.78 is 0. The molecule has 1 aliphatic heterocycles. The number of likely N-dealkylation sites (tertiary alicyclic amines) is 1. The summed E-state index contributed by atoms with van der Waals surface area (Å²) in [7, 11) is 1.84. The van der Waals surface area contributed by atoms with Gasteiger partial charge in [0.1, 0.15) is 0 Å². The molecule has 4 heteroatoms. The quantitative estimate of drug-likeness (QED) is 0.923. The van der Waals surface area contributed by atoms with E-state index in [1.54, 1.807) is 12.4 Å². The van der Waals surface area contributed by atoms with E-state index in [1.807, 2.05) is 18.0 Å². The zero-order valence-electron chi connectivity index (χ0n) is 14.1. The van der Waals surface area contributed by atoms with E-state index in [0.717, 1.165) is 25.2 Å². The number of rotatable bonds is 2. The van der Waals surface area contributed by atoms with E-state index in [1.165, 1.54) is 30.4 Å². The maximum Gasteiger partial charge on any atom is 0.255 e. The first-order valence-electron chi connectivity index (χ1n) is 8.72. The van der Waals surface area contributed by atoms with Crippen molar-refractivity contribution in [1.29, 1.82) is 0 Å². The minimum atomic E-state index is 0.0968. The molecule has 2 heterocycles. The summed E-state index contributed by atoms with van der Waals surface area (Å²) in [6, 6.07) is 10.7. The Morgan fingerprint density at radius 3 is 3.00 bits per heavy atom. The number of carbonyl (C=O) groups is 1. The van der Waals surface area contributed by atoms with Crippen LogP contribution in [-0.2, 0) is 11.8 Å². The largest absolute Gasteiger partial charge is 0.387 e. The second kappa shape index (κ2) is 5.93. The first-order valence-corrected chi connectivity index (χ1v) is 8.72. The molecule has 1 atom stereocenters. The van der Waals surface area contributed by atoms with Gasteiger partial charge < -0.3 is 10.2 Å². The van der Waals surface area contributed by atoms with Crippen LogP contribution in [0.15, 0.2) is 42.7 Å². The van der Waals surface area contributed by atoms with Crippen molar-refractivity contribution in [1.82, 2.24) is 9.88 Å². The molecule has 1 aromatic heterocycles. The van der Waals surface area contributed by atoms with Gasteiger partial charge in [0, 0.05) is 37.9 Å². The molecule has 2 aliphatic rings.